The number of rotatable bonds is 28. The van der Waals surface area contributed by atoms with Crippen molar-refractivity contribution in [3.05, 3.63) is 337 Å². The van der Waals surface area contributed by atoms with Crippen LogP contribution in [0.5, 0.6) is 0 Å². The van der Waals surface area contributed by atoms with Crippen molar-refractivity contribution >= 4 is 37.1 Å². The maximum Gasteiger partial charge on any atom is 0.190 e. The van der Waals surface area contributed by atoms with E-state index in [1.165, 1.54) is 21.2 Å². The van der Waals surface area contributed by atoms with Crippen LogP contribution in [0.15, 0.2) is 303 Å². The molecule has 90 heavy (non-hydrogen) atoms. The molecule has 2 saturated heterocycles. The molecule has 10 aromatic carbocycles. The zero-order chi connectivity index (χ0) is 60.1. The molecule has 0 N–H and O–H groups in total. The molecule has 0 aromatic heterocycles. The van der Waals surface area contributed by atoms with Gasteiger partial charge in [0.1, 0.15) is 36.6 Å². The van der Waals surface area contributed by atoms with Gasteiger partial charge in [0, 0.05) is 31.8 Å². The van der Waals surface area contributed by atoms with Crippen LogP contribution < -0.4 is 21.2 Å². The zero-order valence-electron chi connectivity index (χ0n) is 50.2. The van der Waals surface area contributed by atoms with Gasteiger partial charge in [-0.3, -0.25) is 0 Å². The van der Waals surface area contributed by atoms with Gasteiger partial charge in [0.05, 0.1) is 51.8 Å². The van der Waals surface area contributed by atoms with Crippen LogP contribution in [-0.4, -0.2) is 73.7 Å². The topological polar surface area (TPSA) is 83.1 Å². The molecule has 10 atom stereocenters. The van der Waals surface area contributed by atoms with E-state index in [1.54, 1.807) is 0 Å². The molecule has 2 heterocycles. The number of hydrogen-bond donors (Lipinski definition) is 0. The van der Waals surface area contributed by atoms with Crippen molar-refractivity contribution < 1.29 is 62.1 Å². The third kappa shape index (κ3) is 17.9. The summed E-state index contributed by atoms with van der Waals surface area (Å²) in [6.45, 7) is 1.63. The van der Waals surface area contributed by atoms with Crippen molar-refractivity contribution in [3.63, 3.8) is 0 Å². The Bertz CT molecular complexity index is 3260. The molecule has 12 heteroatoms. The van der Waals surface area contributed by atoms with Crippen molar-refractivity contribution in [2.75, 3.05) is 12.3 Å². The van der Waals surface area contributed by atoms with Gasteiger partial charge in [0.25, 0.3) is 0 Å². The number of benzene rings is 10. The van der Waals surface area contributed by atoms with E-state index in [0.717, 1.165) is 33.4 Å². The van der Waals surface area contributed by atoms with E-state index in [-0.39, 0.29) is 45.9 Å². The number of hydrogen-bond acceptors (Lipinski definition) is 9. The van der Waals surface area contributed by atoms with Crippen molar-refractivity contribution in [3.8, 4) is 0 Å². The molecular weight excluding hydrogens is 1250 g/mol. The fourth-order valence-corrected chi connectivity index (χ4v) is 16.5. The quantitative estimate of drug-likeness (QED) is 0.0352. The second-order valence-corrected chi connectivity index (χ2v) is 26.9. The smallest absolute Gasteiger partial charge is 0.190 e. The maximum atomic E-state index is 7.82. The second-order valence-electron chi connectivity index (χ2n) is 22.4. The average molecular weight is 1320 g/mol. The van der Waals surface area contributed by atoms with Crippen molar-refractivity contribution in [1.82, 2.24) is 0 Å². The van der Waals surface area contributed by atoms with E-state index < -0.39 is 77.3 Å². The molecule has 2 fully saturated rings. The summed E-state index contributed by atoms with van der Waals surface area (Å²) in [4.78, 5) is 0. The Morgan fingerprint density at radius 1 is 0.233 bits per heavy atom. The van der Waals surface area contributed by atoms with Gasteiger partial charge >= 0.3 is 0 Å². The fourth-order valence-electron chi connectivity index (χ4n) is 11.6. The van der Waals surface area contributed by atoms with Gasteiger partial charge < -0.3 is 42.6 Å². The third-order valence-electron chi connectivity index (χ3n) is 16.2. The monoisotopic (exact) mass is 1320 g/mol. The first-order valence-corrected chi connectivity index (χ1v) is 33.9. The van der Waals surface area contributed by atoms with Crippen LogP contribution >= 0.6 is 15.8 Å². The van der Waals surface area contributed by atoms with E-state index in [2.05, 4.69) is 194 Å². The molecule has 0 saturated carbocycles. The predicted molar refractivity (Wildman–Crippen MR) is 356 cm³/mol. The summed E-state index contributed by atoms with van der Waals surface area (Å²) in [7, 11) is -2.10. The van der Waals surface area contributed by atoms with E-state index in [1.807, 2.05) is 109 Å². The van der Waals surface area contributed by atoms with Crippen molar-refractivity contribution in [1.29, 1.82) is 0 Å². The van der Waals surface area contributed by atoms with Crippen LogP contribution in [0.4, 0.5) is 0 Å². The molecule has 0 amide bonds. The van der Waals surface area contributed by atoms with Gasteiger partial charge in [-0.1, -0.05) is 303 Å². The van der Waals surface area contributed by atoms with Crippen molar-refractivity contribution in [2.24, 2.45) is 0 Å². The normalized spacial score (nSPS) is 21.6. The maximum absolute atomic E-state index is 7.82. The minimum atomic E-state index is -1.11. The molecule has 12 rings (SSSR count). The number of ether oxygens (including phenoxy) is 9. The SMILES string of the molecule is [Rh].c1ccc(CO[C@@H]2[C@@H](OCc3ccccc3)[C@@H](O[C@H]3O[C@H](CP(c4ccccc4)c4ccccc4)[C@@H](OCc4ccccc4)[C@H](OCc4ccccc4)[C@H]3OCc3ccccc3)O[C@H](CP(c3ccccc3)c3ccccc3)[C@H]2OCc2ccccc2)cc1. The Balaban J connectivity index is 0.00000833. The largest absolute Gasteiger partial charge is 0.368 e. The molecule has 0 aliphatic carbocycles. The molecule has 0 bridgehead atoms. The summed E-state index contributed by atoms with van der Waals surface area (Å²) in [5.41, 5.74) is 6.03. The summed E-state index contributed by atoms with van der Waals surface area (Å²) in [6, 6.07) is 105. The molecule has 2 aliphatic heterocycles. The van der Waals surface area contributed by atoms with E-state index in [4.69, 9.17) is 42.6 Å². The standard InChI is InChI=1S/C78H76O9P2.Rh/c1-11-31-59(32-12-1)51-79-71-69(57-88(65-43-23-7-24-44-65)66-45-25-8-26-46-66)85-77(75(83-55-63-39-19-5-20-40-63)73(71)81-53-61-35-15-3-16-36-61)87-78-76(84-56-64-41-21-6-22-42-64)74(82-54-62-37-17-4-18-38-62)72(80-52-60-33-13-2-14-34-60)70(86-78)58-89(67-47-27-9-28-48-67)68-49-29-10-30-50-68;/h1-50,69-78H,51-58H2;/t69-,70-,71-,72-,73+,74+,75-,76-,77-,78-;/m1./s1. The summed E-state index contributed by atoms with van der Waals surface area (Å²) in [5, 5.41) is 4.84. The molecule has 0 spiro atoms. The molecule has 10 aromatic rings. The van der Waals surface area contributed by atoms with Gasteiger partial charge in [0.2, 0.25) is 0 Å². The summed E-state index contributed by atoms with van der Waals surface area (Å²) >= 11 is 0. The third-order valence-corrected chi connectivity index (χ3v) is 21.3. The summed E-state index contributed by atoms with van der Waals surface area (Å²) in [6.07, 6.45) is -6.85. The molecule has 9 nitrogen and oxygen atoms in total. The molecule has 0 unspecified atom stereocenters. The van der Waals surface area contributed by atoms with Gasteiger partial charge in [-0.15, -0.1) is 0 Å². The van der Waals surface area contributed by atoms with Crippen LogP contribution in [0.2, 0.25) is 0 Å². The van der Waals surface area contributed by atoms with Crippen molar-refractivity contribution in [2.45, 2.75) is 101 Å². The average Bonchev–Trinajstić information content (AvgIpc) is 0.935. The minimum Gasteiger partial charge on any atom is -0.368 e. The van der Waals surface area contributed by atoms with Crippen LogP contribution in [0, 0.1) is 0 Å². The van der Waals surface area contributed by atoms with Gasteiger partial charge in [0.15, 0.2) is 12.6 Å². The van der Waals surface area contributed by atoms with E-state index in [0.29, 0.717) is 25.5 Å². The zero-order valence-corrected chi connectivity index (χ0v) is 53.6. The molecule has 461 valence electrons. The Kier molecular flexibility index (Phi) is 24.6. The Hall–Kier alpha value is -6.68. The fraction of sp³-hybridized carbons (Fsp3) is 0.231. The van der Waals surface area contributed by atoms with Crippen LogP contribution in [0.3, 0.4) is 0 Å². The van der Waals surface area contributed by atoms with Crippen LogP contribution in [0.25, 0.3) is 0 Å². The van der Waals surface area contributed by atoms with Gasteiger partial charge in [-0.25, -0.2) is 0 Å². The molecule has 2 aliphatic rings. The first kappa shape index (κ1) is 64.8. The van der Waals surface area contributed by atoms with Crippen LogP contribution in [0.1, 0.15) is 33.4 Å². The molecular formula is C78H76O9P2Rh. The minimum absolute atomic E-state index is 0. The predicted octanol–water partition coefficient (Wildman–Crippen LogP) is 14.2. The van der Waals surface area contributed by atoms with E-state index in [9.17, 15) is 0 Å². The summed E-state index contributed by atoms with van der Waals surface area (Å²) in [5.74, 6) is 0. The Morgan fingerprint density at radius 2 is 0.422 bits per heavy atom. The first-order chi connectivity index (χ1) is 44.1. The Morgan fingerprint density at radius 3 is 0.644 bits per heavy atom. The van der Waals surface area contributed by atoms with E-state index >= 15 is 0 Å². The van der Waals surface area contributed by atoms with Gasteiger partial charge in [-0.2, -0.15) is 0 Å². The summed E-state index contributed by atoms with van der Waals surface area (Å²) < 4.78 is 67.5. The second kappa shape index (κ2) is 34.1. The van der Waals surface area contributed by atoms with Crippen LogP contribution in [-0.2, 0) is 102 Å². The Labute approximate surface area is 545 Å². The van der Waals surface area contributed by atoms with Gasteiger partial charge in [-0.05, 0) is 70.4 Å². The first-order valence-electron chi connectivity index (χ1n) is 30.8. The molecule has 1 radical (unpaired) electrons.